The Hall–Kier alpha value is -2.34. The molecule has 0 atom stereocenters. The molecule has 0 saturated carbocycles. The van der Waals surface area contributed by atoms with Crippen LogP contribution in [-0.4, -0.2) is 9.13 Å². The second-order valence-electron chi connectivity index (χ2n) is 6.40. The van der Waals surface area contributed by atoms with E-state index in [1.165, 1.54) is 15.9 Å². The molecule has 0 aliphatic carbocycles. The summed E-state index contributed by atoms with van der Waals surface area (Å²) in [7, 11) is 0. The highest BCUT2D eigenvalue weighted by molar-refractivity contribution is 7.18. The third-order valence-corrected chi connectivity index (χ3v) is 6.32. The number of hydrogen-bond acceptors (Lipinski definition) is 3. The maximum atomic E-state index is 13.3. The van der Waals surface area contributed by atoms with Crippen LogP contribution in [0.3, 0.4) is 0 Å². The molecule has 0 spiro atoms. The summed E-state index contributed by atoms with van der Waals surface area (Å²) in [4.78, 5) is 28.2. The number of rotatable bonds is 4. The van der Waals surface area contributed by atoms with Gasteiger partial charge in [-0.05, 0) is 48.4 Å². The largest absolute Gasteiger partial charge is 0.337 e. The van der Waals surface area contributed by atoms with Crippen molar-refractivity contribution in [3.8, 4) is 5.69 Å². The predicted molar refractivity (Wildman–Crippen MR) is 117 cm³/mol. The first-order valence-corrected chi connectivity index (χ1v) is 10.3. The van der Waals surface area contributed by atoms with E-state index in [4.69, 9.17) is 23.2 Å². The van der Waals surface area contributed by atoms with Crippen LogP contribution in [-0.2, 0) is 13.0 Å². The smallest absolute Gasteiger partial charge is 0.280 e. The molecule has 0 aliphatic heterocycles. The fourth-order valence-corrected chi connectivity index (χ4v) is 4.52. The number of benzene rings is 2. The molecule has 2 aromatic heterocycles. The van der Waals surface area contributed by atoms with Gasteiger partial charge in [0.15, 0.2) is 0 Å². The zero-order valence-electron chi connectivity index (χ0n) is 15.0. The van der Waals surface area contributed by atoms with Crippen LogP contribution in [0.25, 0.3) is 15.9 Å². The third-order valence-electron chi connectivity index (χ3n) is 4.53. The molecule has 2 heterocycles. The van der Waals surface area contributed by atoms with Gasteiger partial charge in [0, 0.05) is 14.9 Å². The van der Waals surface area contributed by atoms with E-state index in [9.17, 15) is 9.59 Å². The molecule has 0 N–H and O–H groups in total. The fourth-order valence-electron chi connectivity index (χ4n) is 3.13. The molecule has 0 amide bonds. The predicted octanol–water partition coefficient (Wildman–Crippen LogP) is 5.13. The zero-order chi connectivity index (χ0) is 19.8. The quantitative estimate of drug-likeness (QED) is 0.450. The normalized spacial score (nSPS) is 11.2. The van der Waals surface area contributed by atoms with E-state index < -0.39 is 0 Å². The lowest BCUT2D eigenvalue weighted by Crippen LogP contribution is -2.38. The Balaban J connectivity index is 2.01. The van der Waals surface area contributed by atoms with Crippen LogP contribution in [0.2, 0.25) is 10.0 Å². The van der Waals surface area contributed by atoms with Crippen molar-refractivity contribution in [2.24, 2.45) is 0 Å². The maximum Gasteiger partial charge on any atom is 0.337 e. The van der Waals surface area contributed by atoms with Gasteiger partial charge in [-0.25, -0.2) is 9.36 Å². The average molecular weight is 431 g/mol. The molecular weight excluding hydrogens is 415 g/mol. The number of fused-ring (bicyclic) bond motifs is 1. The summed E-state index contributed by atoms with van der Waals surface area (Å²) < 4.78 is 2.83. The fraction of sp³-hybridized carbons (Fsp3) is 0.143. The van der Waals surface area contributed by atoms with Gasteiger partial charge >= 0.3 is 5.69 Å². The number of thiophene rings is 1. The summed E-state index contributed by atoms with van der Waals surface area (Å²) in [5, 5.41) is 1.64. The molecule has 7 heteroatoms. The number of aromatic nitrogens is 2. The summed E-state index contributed by atoms with van der Waals surface area (Å²) in [6.45, 7) is 2.37. The summed E-state index contributed by atoms with van der Waals surface area (Å²) in [6, 6.07) is 16.0. The first-order chi connectivity index (χ1) is 13.5. The van der Waals surface area contributed by atoms with Gasteiger partial charge in [-0.15, -0.1) is 11.3 Å². The Morgan fingerprint density at radius 2 is 1.71 bits per heavy atom. The minimum atomic E-state index is -0.390. The van der Waals surface area contributed by atoms with Gasteiger partial charge in [0.25, 0.3) is 5.56 Å². The maximum absolute atomic E-state index is 13.3. The minimum absolute atomic E-state index is 0.328. The lowest BCUT2D eigenvalue weighted by atomic mass is 10.2. The molecule has 4 nitrogen and oxygen atoms in total. The van der Waals surface area contributed by atoms with Crippen molar-refractivity contribution in [3.63, 3.8) is 0 Å². The summed E-state index contributed by atoms with van der Waals surface area (Å²) in [5.74, 6) is 0. The van der Waals surface area contributed by atoms with Crippen molar-refractivity contribution in [1.82, 2.24) is 9.13 Å². The highest BCUT2D eigenvalue weighted by atomic mass is 35.5. The molecule has 28 heavy (non-hydrogen) atoms. The number of nitrogens with zero attached hydrogens (tertiary/aromatic N) is 2. The third kappa shape index (κ3) is 3.41. The van der Waals surface area contributed by atoms with E-state index in [1.807, 2.05) is 25.1 Å². The molecule has 4 aromatic rings. The molecule has 0 unspecified atom stereocenters. The van der Waals surface area contributed by atoms with E-state index in [0.29, 0.717) is 32.5 Å². The topological polar surface area (TPSA) is 44.0 Å². The number of hydrogen-bond donors (Lipinski definition) is 0. The average Bonchev–Trinajstić information content (AvgIpc) is 3.12. The van der Waals surface area contributed by atoms with Crippen LogP contribution in [0.1, 0.15) is 17.4 Å². The van der Waals surface area contributed by atoms with Crippen molar-refractivity contribution in [2.45, 2.75) is 19.9 Å². The van der Waals surface area contributed by atoms with Gasteiger partial charge in [-0.2, -0.15) is 0 Å². The van der Waals surface area contributed by atoms with E-state index >= 15 is 0 Å². The van der Waals surface area contributed by atoms with Crippen molar-refractivity contribution in [3.05, 3.63) is 95.9 Å². The Labute approximate surface area is 175 Å². The molecule has 0 fully saturated rings. The molecule has 0 radical (unpaired) electrons. The summed E-state index contributed by atoms with van der Waals surface area (Å²) in [6.07, 6.45) is 0.797. The van der Waals surface area contributed by atoms with Crippen molar-refractivity contribution in [1.29, 1.82) is 0 Å². The lowest BCUT2D eigenvalue weighted by Gasteiger charge is -2.12. The first-order valence-electron chi connectivity index (χ1n) is 8.76. The molecular formula is C21H16Cl2N2O2S. The SMILES string of the molecule is CCc1cc2c(=O)n(-c3cccc(Cl)c3)c(=O)n(Cc3ccc(Cl)cc3)c2s1. The number of halogens is 2. The molecule has 2 aromatic carbocycles. The Kier molecular flexibility index (Phi) is 5.15. The lowest BCUT2D eigenvalue weighted by molar-refractivity contribution is 0.719. The van der Waals surface area contributed by atoms with Crippen LogP contribution in [0.15, 0.2) is 64.2 Å². The van der Waals surface area contributed by atoms with Crippen LogP contribution in [0, 0.1) is 0 Å². The van der Waals surface area contributed by atoms with E-state index in [0.717, 1.165) is 16.9 Å². The van der Waals surface area contributed by atoms with Crippen molar-refractivity contribution in [2.75, 3.05) is 0 Å². The number of aryl methyl sites for hydroxylation is 1. The summed E-state index contributed by atoms with van der Waals surface area (Å²) >= 11 is 13.6. The van der Waals surface area contributed by atoms with E-state index in [2.05, 4.69) is 0 Å². The van der Waals surface area contributed by atoms with Crippen molar-refractivity contribution < 1.29 is 0 Å². The zero-order valence-corrected chi connectivity index (χ0v) is 17.3. The van der Waals surface area contributed by atoms with E-state index in [-0.39, 0.29) is 11.2 Å². The van der Waals surface area contributed by atoms with Crippen molar-refractivity contribution >= 4 is 44.8 Å². The van der Waals surface area contributed by atoms with Crippen LogP contribution in [0.5, 0.6) is 0 Å². The molecule has 0 bridgehead atoms. The minimum Gasteiger partial charge on any atom is -0.280 e. The Morgan fingerprint density at radius 3 is 2.39 bits per heavy atom. The van der Waals surface area contributed by atoms with Gasteiger partial charge < -0.3 is 0 Å². The second kappa shape index (κ2) is 7.59. The molecule has 0 saturated heterocycles. The molecule has 4 rings (SSSR count). The van der Waals surface area contributed by atoms with Crippen LogP contribution >= 0.6 is 34.5 Å². The second-order valence-corrected chi connectivity index (χ2v) is 8.39. The monoisotopic (exact) mass is 430 g/mol. The highest BCUT2D eigenvalue weighted by Gasteiger charge is 2.17. The van der Waals surface area contributed by atoms with Gasteiger partial charge in [-0.1, -0.05) is 48.3 Å². The van der Waals surface area contributed by atoms with Gasteiger partial charge in [0.05, 0.1) is 17.6 Å². The Morgan fingerprint density at radius 1 is 0.964 bits per heavy atom. The van der Waals surface area contributed by atoms with Crippen LogP contribution in [0.4, 0.5) is 0 Å². The van der Waals surface area contributed by atoms with Gasteiger partial charge in [0.1, 0.15) is 4.83 Å². The standard InChI is InChI=1S/C21H16Cl2N2O2S/c1-2-17-11-18-19(26)25(16-5-3-4-15(23)10-16)21(27)24(20(18)28-17)12-13-6-8-14(22)9-7-13/h3-11H,2,12H2,1H3. The van der Waals surface area contributed by atoms with Gasteiger partial charge in [0.2, 0.25) is 0 Å². The van der Waals surface area contributed by atoms with E-state index in [1.54, 1.807) is 41.0 Å². The molecule has 0 aliphatic rings. The first kappa shape index (κ1) is 19.0. The Bertz CT molecular complexity index is 1290. The molecule has 142 valence electrons. The highest BCUT2D eigenvalue weighted by Crippen LogP contribution is 2.24. The van der Waals surface area contributed by atoms with Crippen LogP contribution < -0.4 is 11.2 Å². The summed E-state index contributed by atoms with van der Waals surface area (Å²) in [5.41, 5.74) is 0.666. The van der Waals surface area contributed by atoms with Gasteiger partial charge in [-0.3, -0.25) is 9.36 Å².